The van der Waals surface area contributed by atoms with Crippen molar-refractivity contribution in [3.63, 3.8) is 0 Å². The zero-order chi connectivity index (χ0) is 17.4. The highest BCUT2D eigenvalue weighted by molar-refractivity contribution is 7.15. The number of aromatic nitrogens is 2. The van der Waals surface area contributed by atoms with Crippen LogP contribution in [0.25, 0.3) is 10.8 Å². The second-order valence-corrected chi connectivity index (χ2v) is 7.71. The number of carbonyl (C=O) groups is 1. The number of thiophene rings is 1. The number of carbonyl (C=O) groups excluding carboxylic acids is 1. The molecule has 0 aliphatic heterocycles. The largest absolute Gasteiger partial charge is 0.420 e. The molecule has 1 saturated carbocycles. The van der Waals surface area contributed by atoms with Crippen molar-refractivity contribution in [1.29, 1.82) is 0 Å². The molecule has 1 aliphatic carbocycles. The van der Waals surface area contributed by atoms with E-state index in [1.807, 2.05) is 44.2 Å². The molecule has 1 amide bonds. The van der Waals surface area contributed by atoms with Crippen molar-refractivity contribution in [3.05, 3.63) is 52.2 Å². The number of nitrogens with zero attached hydrogens (tertiary/aromatic N) is 2. The molecule has 1 N–H and O–H groups in total. The van der Waals surface area contributed by atoms with Crippen LogP contribution in [0.4, 0.5) is 5.69 Å². The topological polar surface area (TPSA) is 68.0 Å². The molecule has 4 rings (SSSR count). The molecule has 0 radical (unpaired) electrons. The predicted molar refractivity (Wildman–Crippen MR) is 97.8 cm³/mol. The standard InChI is InChI=1S/C19H19N3O2S/c1-11-5-3-4-6-14(11)9-17(23)20-15-10-16(25-12(15)2)19-22-21-18(24-19)13-7-8-13/h3-6,10,13H,7-9H2,1-2H3,(H,20,23). The van der Waals surface area contributed by atoms with E-state index >= 15 is 0 Å². The Labute approximate surface area is 150 Å². The fourth-order valence-electron chi connectivity index (χ4n) is 2.72. The van der Waals surface area contributed by atoms with E-state index in [0.717, 1.165) is 45.3 Å². The van der Waals surface area contributed by atoms with Crippen LogP contribution >= 0.6 is 11.3 Å². The first-order valence-corrected chi connectivity index (χ1v) is 9.20. The summed E-state index contributed by atoms with van der Waals surface area (Å²) in [5.74, 6) is 1.68. The van der Waals surface area contributed by atoms with E-state index in [1.54, 1.807) is 11.3 Å². The van der Waals surface area contributed by atoms with Crippen LogP contribution in [-0.4, -0.2) is 16.1 Å². The summed E-state index contributed by atoms with van der Waals surface area (Å²) >= 11 is 1.55. The van der Waals surface area contributed by atoms with Crippen molar-refractivity contribution in [1.82, 2.24) is 10.2 Å². The van der Waals surface area contributed by atoms with E-state index < -0.39 is 0 Å². The lowest BCUT2D eigenvalue weighted by molar-refractivity contribution is -0.115. The normalized spacial score (nSPS) is 13.8. The molecular weight excluding hydrogens is 334 g/mol. The van der Waals surface area contributed by atoms with Crippen molar-refractivity contribution < 1.29 is 9.21 Å². The minimum atomic E-state index is -0.0223. The van der Waals surface area contributed by atoms with Crippen LogP contribution in [0.5, 0.6) is 0 Å². The summed E-state index contributed by atoms with van der Waals surface area (Å²) in [5, 5.41) is 11.3. The van der Waals surface area contributed by atoms with Gasteiger partial charge in [0.05, 0.1) is 17.0 Å². The summed E-state index contributed by atoms with van der Waals surface area (Å²) < 4.78 is 5.75. The number of hydrogen-bond donors (Lipinski definition) is 1. The number of nitrogens with one attached hydrogen (secondary N) is 1. The molecule has 2 heterocycles. The lowest BCUT2D eigenvalue weighted by Gasteiger charge is -2.06. The molecule has 0 spiro atoms. The van der Waals surface area contributed by atoms with Crippen molar-refractivity contribution in [2.45, 2.75) is 39.0 Å². The average molecular weight is 353 g/mol. The van der Waals surface area contributed by atoms with E-state index in [4.69, 9.17) is 4.42 Å². The van der Waals surface area contributed by atoms with Gasteiger partial charge < -0.3 is 9.73 Å². The number of hydrogen-bond acceptors (Lipinski definition) is 5. The van der Waals surface area contributed by atoms with E-state index in [0.29, 0.717) is 18.2 Å². The molecule has 5 nitrogen and oxygen atoms in total. The highest BCUT2D eigenvalue weighted by Crippen LogP contribution is 2.41. The number of amides is 1. The molecule has 0 atom stereocenters. The number of benzene rings is 1. The van der Waals surface area contributed by atoms with Gasteiger partial charge in [0, 0.05) is 10.8 Å². The van der Waals surface area contributed by atoms with E-state index in [-0.39, 0.29) is 5.91 Å². The van der Waals surface area contributed by atoms with Gasteiger partial charge in [-0.2, -0.15) is 0 Å². The number of anilines is 1. The molecule has 1 aromatic carbocycles. The molecule has 25 heavy (non-hydrogen) atoms. The summed E-state index contributed by atoms with van der Waals surface area (Å²) in [5.41, 5.74) is 2.97. The summed E-state index contributed by atoms with van der Waals surface area (Å²) in [7, 11) is 0. The molecule has 1 fully saturated rings. The summed E-state index contributed by atoms with van der Waals surface area (Å²) in [4.78, 5) is 14.3. The van der Waals surface area contributed by atoms with E-state index in [1.165, 1.54) is 0 Å². The van der Waals surface area contributed by atoms with Crippen molar-refractivity contribution in [3.8, 4) is 10.8 Å². The van der Waals surface area contributed by atoms with E-state index in [2.05, 4.69) is 15.5 Å². The third-order valence-corrected chi connectivity index (χ3v) is 5.42. The Balaban J connectivity index is 1.48. The lowest BCUT2D eigenvalue weighted by atomic mass is 10.1. The zero-order valence-electron chi connectivity index (χ0n) is 14.2. The molecule has 128 valence electrons. The maximum atomic E-state index is 12.4. The fourth-order valence-corrected chi connectivity index (χ4v) is 3.61. The summed E-state index contributed by atoms with van der Waals surface area (Å²) in [6.07, 6.45) is 2.63. The molecule has 2 aromatic heterocycles. The molecular formula is C19H19N3O2S. The second kappa shape index (κ2) is 6.44. The van der Waals surface area contributed by atoms with Gasteiger partial charge in [-0.3, -0.25) is 4.79 Å². The molecule has 3 aromatic rings. The number of aryl methyl sites for hydroxylation is 2. The smallest absolute Gasteiger partial charge is 0.257 e. The van der Waals surface area contributed by atoms with Crippen LogP contribution in [0.15, 0.2) is 34.7 Å². The first-order valence-electron chi connectivity index (χ1n) is 8.38. The molecule has 1 aliphatic rings. The molecule has 0 unspecified atom stereocenters. The Kier molecular flexibility index (Phi) is 4.13. The van der Waals surface area contributed by atoms with Gasteiger partial charge in [-0.1, -0.05) is 24.3 Å². The minimum absolute atomic E-state index is 0.0223. The van der Waals surface area contributed by atoms with Crippen molar-refractivity contribution >= 4 is 22.9 Å². The third kappa shape index (κ3) is 3.49. The Morgan fingerprint density at radius 1 is 1.28 bits per heavy atom. The third-order valence-electron chi connectivity index (χ3n) is 4.38. The van der Waals surface area contributed by atoms with Crippen LogP contribution in [0.3, 0.4) is 0 Å². The zero-order valence-corrected chi connectivity index (χ0v) is 15.0. The van der Waals surface area contributed by atoms with Crippen LogP contribution in [0.2, 0.25) is 0 Å². The summed E-state index contributed by atoms with van der Waals surface area (Å²) in [6.45, 7) is 4.00. The van der Waals surface area contributed by atoms with Crippen LogP contribution in [0, 0.1) is 13.8 Å². The second-order valence-electron chi connectivity index (χ2n) is 6.45. The summed E-state index contributed by atoms with van der Waals surface area (Å²) in [6, 6.07) is 9.85. The SMILES string of the molecule is Cc1ccccc1CC(=O)Nc1cc(-c2nnc(C3CC3)o2)sc1C. The monoisotopic (exact) mass is 353 g/mol. The highest BCUT2D eigenvalue weighted by atomic mass is 32.1. The van der Waals surface area contributed by atoms with Gasteiger partial charge >= 0.3 is 0 Å². The van der Waals surface area contributed by atoms with Gasteiger partial charge in [0.15, 0.2) is 0 Å². The Hall–Kier alpha value is -2.47. The maximum absolute atomic E-state index is 12.4. The molecule has 0 bridgehead atoms. The first kappa shape index (κ1) is 16.0. The molecule has 6 heteroatoms. The minimum Gasteiger partial charge on any atom is -0.420 e. The molecule has 0 saturated heterocycles. The highest BCUT2D eigenvalue weighted by Gasteiger charge is 2.29. The van der Waals surface area contributed by atoms with Gasteiger partial charge in [-0.05, 0) is 43.9 Å². The average Bonchev–Trinajstić information content (AvgIpc) is 3.21. The van der Waals surface area contributed by atoms with Crippen LogP contribution < -0.4 is 5.32 Å². The predicted octanol–water partition coefficient (Wildman–Crippen LogP) is 4.47. The van der Waals surface area contributed by atoms with Gasteiger partial charge in [-0.25, -0.2) is 0 Å². The fraction of sp³-hybridized carbons (Fsp3) is 0.316. The van der Waals surface area contributed by atoms with E-state index in [9.17, 15) is 4.79 Å². The van der Waals surface area contributed by atoms with Gasteiger partial charge in [0.2, 0.25) is 11.8 Å². The Bertz CT molecular complexity index is 924. The quantitative estimate of drug-likeness (QED) is 0.734. The lowest BCUT2D eigenvalue weighted by Crippen LogP contribution is -2.15. The van der Waals surface area contributed by atoms with Crippen molar-refractivity contribution in [2.75, 3.05) is 5.32 Å². The first-order chi connectivity index (χ1) is 12.1. The van der Waals surface area contributed by atoms with Gasteiger partial charge in [0.25, 0.3) is 5.89 Å². The van der Waals surface area contributed by atoms with Crippen LogP contribution in [-0.2, 0) is 11.2 Å². The van der Waals surface area contributed by atoms with Gasteiger partial charge in [0.1, 0.15) is 0 Å². The maximum Gasteiger partial charge on any atom is 0.257 e. The van der Waals surface area contributed by atoms with Crippen molar-refractivity contribution in [2.24, 2.45) is 0 Å². The Morgan fingerprint density at radius 3 is 2.84 bits per heavy atom. The Morgan fingerprint density at radius 2 is 2.08 bits per heavy atom. The van der Waals surface area contributed by atoms with Gasteiger partial charge in [-0.15, -0.1) is 21.5 Å². The van der Waals surface area contributed by atoms with Crippen LogP contribution in [0.1, 0.15) is 40.7 Å². The number of rotatable bonds is 5.